The third-order valence-corrected chi connectivity index (χ3v) is 3.69. The molecule has 17 heavy (non-hydrogen) atoms. The number of aromatic nitrogens is 1. The molecule has 1 fully saturated rings. The molecular weight excluding hydrogens is 210 g/mol. The number of pyridine rings is 1. The molecule has 0 aliphatic heterocycles. The van der Waals surface area contributed by atoms with Crippen molar-refractivity contribution < 1.29 is 0 Å². The van der Waals surface area contributed by atoms with Gasteiger partial charge in [0.1, 0.15) is 0 Å². The van der Waals surface area contributed by atoms with E-state index in [1.54, 1.807) is 0 Å². The highest BCUT2D eigenvalue weighted by Gasteiger charge is 2.18. The maximum atomic E-state index is 4.37. The molecule has 94 valence electrons. The van der Waals surface area contributed by atoms with Crippen molar-refractivity contribution >= 4 is 5.69 Å². The molecule has 0 unspecified atom stereocenters. The van der Waals surface area contributed by atoms with Gasteiger partial charge in [0.25, 0.3) is 0 Å². The molecule has 1 aliphatic rings. The Balaban J connectivity index is 2.06. The average molecular weight is 233 g/mol. The van der Waals surface area contributed by atoms with Crippen LogP contribution in [0.1, 0.15) is 37.8 Å². The average Bonchev–Trinajstić information content (AvgIpc) is 2.40. The topological polar surface area (TPSA) is 28.2 Å². The molecule has 0 radical (unpaired) electrons. The molecule has 3 heteroatoms. The van der Waals surface area contributed by atoms with Crippen LogP contribution in [-0.2, 0) is 6.54 Å². The fourth-order valence-electron chi connectivity index (χ4n) is 2.64. The van der Waals surface area contributed by atoms with E-state index in [2.05, 4.69) is 34.4 Å². The van der Waals surface area contributed by atoms with Crippen LogP contribution in [0.5, 0.6) is 0 Å². The normalized spacial score (nSPS) is 17.1. The largest absolute Gasteiger partial charge is 0.372 e. The van der Waals surface area contributed by atoms with Crippen molar-refractivity contribution in [3.8, 4) is 0 Å². The summed E-state index contributed by atoms with van der Waals surface area (Å²) in [6.45, 7) is 0.840. The van der Waals surface area contributed by atoms with E-state index in [1.165, 1.54) is 37.8 Å². The Morgan fingerprint density at radius 1 is 1.35 bits per heavy atom. The molecule has 0 spiro atoms. The first-order valence-corrected chi connectivity index (χ1v) is 6.63. The first kappa shape index (κ1) is 12.4. The van der Waals surface area contributed by atoms with Crippen LogP contribution in [0, 0.1) is 0 Å². The Morgan fingerprint density at radius 2 is 2.12 bits per heavy atom. The second-order valence-electron chi connectivity index (χ2n) is 4.94. The van der Waals surface area contributed by atoms with Crippen molar-refractivity contribution in [3.63, 3.8) is 0 Å². The smallest absolute Gasteiger partial charge is 0.0562 e. The Bertz CT molecular complexity index is 345. The third-order valence-electron chi connectivity index (χ3n) is 3.69. The maximum absolute atomic E-state index is 4.37. The van der Waals surface area contributed by atoms with Crippen LogP contribution >= 0.6 is 0 Å². The van der Waals surface area contributed by atoms with Crippen molar-refractivity contribution in [3.05, 3.63) is 24.0 Å². The predicted octanol–water partition coefficient (Wildman–Crippen LogP) is 2.57. The SMILES string of the molecule is CNCc1cc(N(C)C2CCCCC2)ccn1. The molecule has 0 atom stereocenters. The van der Waals surface area contributed by atoms with E-state index in [0.29, 0.717) is 6.04 Å². The zero-order chi connectivity index (χ0) is 12.1. The van der Waals surface area contributed by atoms with Crippen LogP contribution < -0.4 is 10.2 Å². The summed E-state index contributed by atoms with van der Waals surface area (Å²) in [6.07, 6.45) is 8.75. The fourth-order valence-corrected chi connectivity index (χ4v) is 2.64. The molecule has 3 nitrogen and oxygen atoms in total. The number of nitrogens with one attached hydrogen (secondary N) is 1. The molecule has 0 aromatic carbocycles. The molecule has 1 heterocycles. The molecule has 0 saturated heterocycles. The van der Waals surface area contributed by atoms with Crippen molar-refractivity contribution in [2.45, 2.75) is 44.7 Å². The van der Waals surface area contributed by atoms with E-state index in [4.69, 9.17) is 0 Å². The lowest BCUT2D eigenvalue weighted by atomic mass is 9.94. The summed E-state index contributed by atoms with van der Waals surface area (Å²) in [4.78, 5) is 6.80. The molecule has 0 bridgehead atoms. The van der Waals surface area contributed by atoms with Gasteiger partial charge in [-0.1, -0.05) is 19.3 Å². The Morgan fingerprint density at radius 3 is 2.82 bits per heavy atom. The zero-order valence-electron chi connectivity index (χ0n) is 10.9. The van der Waals surface area contributed by atoms with Gasteiger partial charge in [0, 0.05) is 31.5 Å². The van der Waals surface area contributed by atoms with E-state index in [1.807, 2.05) is 13.2 Å². The van der Waals surface area contributed by atoms with Crippen LogP contribution in [0.2, 0.25) is 0 Å². The monoisotopic (exact) mass is 233 g/mol. The first-order valence-electron chi connectivity index (χ1n) is 6.63. The number of hydrogen-bond donors (Lipinski definition) is 1. The fraction of sp³-hybridized carbons (Fsp3) is 0.643. The second-order valence-corrected chi connectivity index (χ2v) is 4.94. The molecule has 1 aromatic heterocycles. The van der Waals surface area contributed by atoms with Gasteiger partial charge >= 0.3 is 0 Å². The van der Waals surface area contributed by atoms with Crippen LogP contribution in [0.15, 0.2) is 18.3 Å². The Labute approximate surface area is 104 Å². The van der Waals surface area contributed by atoms with Gasteiger partial charge in [-0.2, -0.15) is 0 Å². The zero-order valence-corrected chi connectivity index (χ0v) is 10.9. The van der Waals surface area contributed by atoms with Crippen LogP contribution in [0.25, 0.3) is 0 Å². The van der Waals surface area contributed by atoms with Gasteiger partial charge in [0.05, 0.1) is 5.69 Å². The minimum absolute atomic E-state index is 0.716. The lowest BCUT2D eigenvalue weighted by Gasteiger charge is -2.33. The Kier molecular flexibility index (Phi) is 4.37. The number of hydrogen-bond acceptors (Lipinski definition) is 3. The van der Waals surface area contributed by atoms with Crippen LogP contribution in [0.3, 0.4) is 0 Å². The molecular formula is C14H23N3. The first-order chi connectivity index (χ1) is 8.31. The van der Waals surface area contributed by atoms with Crippen LogP contribution in [-0.4, -0.2) is 25.1 Å². The summed E-state index contributed by atoms with van der Waals surface area (Å²) in [5.41, 5.74) is 2.42. The van der Waals surface area contributed by atoms with Crippen molar-refractivity contribution in [1.82, 2.24) is 10.3 Å². The summed E-state index contributed by atoms with van der Waals surface area (Å²) < 4.78 is 0. The van der Waals surface area contributed by atoms with E-state index >= 15 is 0 Å². The number of nitrogens with zero attached hydrogens (tertiary/aromatic N) is 2. The van der Waals surface area contributed by atoms with E-state index in [-0.39, 0.29) is 0 Å². The summed E-state index contributed by atoms with van der Waals surface area (Å²) in [7, 11) is 4.17. The van der Waals surface area contributed by atoms with E-state index in [0.717, 1.165) is 12.2 Å². The summed E-state index contributed by atoms with van der Waals surface area (Å²) in [5, 5.41) is 3.15. The Hall–Kier alpha value is -1.09. The highest BCUT2D eigenvalue weighted by Crippen LogP contribution is 2.26. The van der Waals surface area contributed by atoms with Gasteiger partial charge in [-0.3, -0.25) is 4.98 Å². The third kappa shape index (κ3) is 3.19. The van der Waals surface area contributed by atoms with Crippen molar-refractivity contribution in [2.75, 3.05) is 19.0 Å². The highest BCUT2D eigenvalue weighted by molar-refractivity contribution is 5.46. The lowest BCUT2D eigenvalue weighted by molar-refractivity contribution is 0.427. The standard InChI is InChI=1S/C14H23N3/c1-15-11-12-10-14(8-9-16-12)17(2)13-6-4-3-5-7-13/h8-10,13,15H,3-7,11H2,1-2H3. The summed E-state index contributed by atoms with van der Waals surface area (Å²) in [6, 6.07) is 5.03. The minimum atomic E-state index is 0.716. The summed E-state index contributed by atoms with van der Waals surface area (Å²) >= 11 is 0. The molecule has 1 aliphatic carbocycles. The van der Waals surface area contributed by atoms with Gasteiger partial charge < -0.3 is 10.2 Å². The minimum Gasteiger partial charge on any atom is -0.372 e. The quantitative estimate of drug-likeness (QED) is 0.866. The molecule has 2 rings (SSSR count). The van der Waals surface area contributed by atoms with Crippen LogP contribution in [0.4, 0.5) is 5.69 Å². The molecule has 1 saturated carbocycles. The van der Waals surface area contributed by atoms with Gasteiger partial charge in [0.15, 0.2) is 0 Å². The highest BCUT2D eigenvalue weighted by atomic mass is 15.1. The van der Waals surface area contributed by atoms with E-state index < -0.39 is 0 Å². The van der Waals surface area contributed by atoms with Crippen molar-refractivity contribution in [2.24, 2.45) is 0 Å². The number of anilines is 1. The second kappa shape index (κ2) is 6.01. The molecule has 1 aromatic rings. The van der Waals surface area contributed by atoms with Gasteiger partial charge in [-0.15, -0.1) is 0 Å². The number of rotatable bonds is 4. The van der Waals surface area contributed by atoms with E-state index in [9.17, 15) is 0 Å². The maximum Gasteiger partial charge on any atom is 0.0562 e. The van der Waals surface area contributed by atoms with Gasteiger partial charge in [-0.05, 0) is 32.0 Å². The predicted molar refractivity (Wildman–Crippen MR) is 72.3 cm³/mol. The molecule has 0 amide bonds. The summed E-state index contributed by atoms with van der Waals surface area (Å²) in [5.74, 6) is 0. The van der Waals surface area contributed by atoms with Gasteiger partial charge in [0.2, 0.25) is 0 Å². The molecule has 1 N–H and O–H groups in total. The lowest BCUT2D eigenvalue weighted by Crippen LogP contribution is -2.33. The van der Waals surface area contributed by atoms with Crippen molar-refractivity contribution in [1.29, 1.82) is 0 Å². The van der Waals surface area contributed by atoms with Gasteiger partial charge in [-0.25, -0.2) is 0 Å².